The van der Waals surface area contributed by atoms with Crippen molar-refractivity contribution in [3.05, 3.63) is 0 Å². The maximum Gasteiger partial charge on any atom is 0.0133 e. The van der Waals surface area contributed by atoms with Crippen molar-refractivity contribution in [3.8, 4) is 0 Å². The van der Waals surface area contributed by atoms with E-state index in [2.05, 4.69) is 16.8 Å². The largest absolute Gasteiger partial charge is 0.303 e. The Labute approximate surface area is 106 Å². The normalized spacial score (nSPS) is 41.1. The first kappa shape index (κ1) is 12.0. The summed E-state index contributed by atoms with van der Waals surface area (Å²) in [6.07, 6.45) is 11.7. The number of fused-ring (bicyclic) bond motifs is 1. The summed E-state index contributed by atoms with van der Waals surface area (Å²) in [6.45, 7) is 4.13. The third-order valence-corrected chi connectivity index (χ3v) is 5.46. The van der Waals surface area contributed by atoms with Gasteiger partial charge in [0.05, 0.1) is 0 Å². The smallest absolute Gasteiger partial charge is 0.0133 e. The summed E-state index contributed by atoms with van der Waals surface area (Å²) >= 11 is 0. The highest BCUT2D eigenvalue weighted by Gasteiger charge is 2.35. The summed E-state index contributed by atoms with van der Waals surface area (Å²) in [5.74, 6) is 0.967. The van der Waals surface area contributed by atoms with E-state index >= 15 is 0 Å². The van der Waals surface area contributed by atoms with E-state index in [9.17, 15) is 0 Å². The van der Waals surface area contributed by atoms with Crippen LogP contribution in [0.15, 0.2) is 0 Å². The molecule has 0 aromatic carbocycles. The van der Waals surface area contributed by atoms with Crippen molar-refractivity contribution in [2.45, 2.75) is 63.5 Å². The van der Waals surface area contributed by atoms with Crippen molar-refractivity contribution in [1.29, 1.82) is 0 Å². The molecule has 0 aromatic heterocycles. The molecule has 0 aromatic rings. The SMILES string of the molecule is CN1CCCCC1C1CCC2CCCCN2C1. The maximum absolute atomic E-state index is 2.82. The summed E-state index contributed by atoms with van der Waals surface area (Å²) < 4.78 is 0. The molecule has 3 aliphatic rings. The van der Waals surface area contributed by atoms with E-state index in [1.807, 2.05) is 0 Å². The summed E-state index contributed by atoms with van der Waals surface area (Å²) in [5.41, 5.74) is 0. The summed E-state index contributed by atoms with van der Waals surface area (Å²) in [6, 6.07) is 1.85. The lowest BCUT2D eigenvalue weighted by molar-refractivity contribution is 0.0254. The zero-order valence-electron chi connectivity index (χ0n) is 11.4. The molecule has 3 saturated heterocycles. The van der Waals surface area contributed by atoms with Gasteiger partial charge in [0.15, 0.2) is 0 Å². The highest BCUT2D eigenvalue weighted by atomic mass is 15.2. The first-order valence-electron chi connectivity index (χ1n) is 7.79. The van der Waals surface area contributed by atoms with Gasteiger partial charge in [-0.3, -0.25) is 0 Å². The summed E-state index contributed by atoms with van der Waals surface area (Å²) in [4.78, 5) is 5.47. The molecular weight excluding hydrogens is 208 g/mol. The van der Waals surface area contributed by atoms with Crippen LogP contribution >= 0.6 is 0 Å². The Morgan fingerprint density at radius 1 is 0.824 bits per heavy atom. The van der Waals surface area contributed by atoms with Gasteiger partial charge in [-0.25, -0.2) is 0 Å². The minimum absolute atomic E-state index is 0.895. The molecule has 3 unspecified atom stereocenters. The molecule has 2 heteroatoms. The average molecular weight is 236 g/mol. The monoisotopic (exact) mass is 236 g/mol. The van der Waals surface area contributed by atoms with Crippen LogP contribution in [-0.4, -0.2) is 48.6 Å². The Balaban J connectivity index is 1.60. The number of likely N-dealkylation sites (tertiary alicyclic amines) is 1. The van der Waals surface area contributed by atoms with Gasteiger partial charge in [0, 0.05) is 18.6 Å². The van der Waals surface area contributed by atoms with Crippen LogP contribution in [0.5, 0.6) is 0 Å². The lowest BCUT2D eigenvalue weighted by atomic mass is 9.81. The Bertz CT molecular complexity index is 253. The molecule has 3 rings (SSSR count). The van der Waals surface area contributed by atoms with Crippen molar-refractivity contribution in [2.75, 3.05) is 26.7 Å². The fraction of sp³-hybridized carbons (Fsp3) is 1.00. The molecule has 2 nitrogen and oxygen atoms in total. The van der Waals surface area contributed by atoms with Crippen molar-refractivity contribution in [2.24, 2.45) is 5.92 Å². The van der Waals surface area contributed by atoms with Crippen LogP contribution in [0.2, 0.25) is 0 Å². The van der Waals surface area contributed by atoms with Gasteiger partial charge in [-0.15, -0.1) is 0 Å². The number of hydrogen-bond acceptors (Lipinski definition) is 2. The molecule has 17 heavy (non-hydrogen) atoms. The van der Waals surface area contributed by atoms with Crippen LogP contribution in [0, 0.1) is 5.92 Å². The molecule has 0 radical (unpaired) electrons. The molecule has 0 saturated carbocycles. The number of nitrogens with zero attached hydrogens (tertiary/aromatic N) is 2. The van der Waals surface area contributed by atoms with Crippen molar-refractivity contribution in [3.63, 3.8) is 0 Å². The van der Waals surface area contributed by atoms with Gasteiger partial charge in [-0.05, 0) is 64.6 Å². The number of rotatable bonds is 1. The molecular formula is C15H28N2. The molecule has 98 valence electrons. The highest BCUT2D eigenvalue weighted by molar-refractivity contribution is 4.90. The van der Waals surface area contributed by atoms with Gasteiger partial charge in [0.2, 0.25) is 0 Å². The molecule has 0 spiro atoms. The molecule has 0 bridgehead atoms. The first-order valence-corrected chi connectivity index (χ1v) is 7.79. The fourth-order valence-corrected chi connectivity index (χ4v) is 4.44. The molecule has 3 aliphatic heterocycles. The molecule has 0 N–H and O–H groups in total. The second kappa shape index (κ2) is 5.27. The highest BCUT2D eigenvalue weighted by Crippen LogP contribution is 2.34. The first-order chi connectivity index (χ1) is 8.34. The van der Waals surface area contributed by atoms with E-state index in [1.54, 1.807) is 0 Å². The number of hydrogen-bond donors (Lipinski definition) is 0. The van der Waals surface area contributed by atoms with Crippen LogP contribution in [0.1, 0.15) is 51.4 Å². The molecule has 0 amide bonds. The fourth-order valence-electron chi connectivity index (χ4n) is 4.44. The van der Waals surface area contributed by atoms with Gasteiger partial charge < -0.3 is 9.80 Å². The van der Waals surface area contributed by atoms with Gasteiger partial charge >= 0.3 is 0 Å². The van der Waals surface area contributed by atoms with Gasteiger partial charge in [-0.2, -0.15) is 0 Å². The van der Waals surface area contributed by atoms with Crippen LogP contribution in [0.4, 0.5) is 0 Å². The minimum atomic E-state index is 0.895. The standard InChI is InChI=1S/C15H28N2/c1-16-10-4-3-7-15(16)13-8-9-14-6-2-5-11-17(14)12-13/h13-15H,2-12H2,1H3. The zero-order chi connectivity index (χ0) is 11.7. The molecule has 3 atom stereocenters. The Hall–Kier alpha value is -0.0800. The minimum Gasteiger partial charge on any atom is -0.303 e. The molecule has 0 aliphatic carbocycles. The number of piperidine rings is 3. The van der Waals surface area contributed by atoms with E-state index in [4.69, 9.17) is 0 Å². The predicted octanol–water partition coefficient (Wildman–Crippen LogP) is 2.74. The van der Waals surface area contributed by atoms with Crippen LogP contribution < -0.4 is 0 Å². The summed E-state index contributed by atoms with van der Waals surface area (Å²) in [5, 5.41) is 0. The third kappa shape index (κ3) is 2.53. The van der Waals surface area contributed by atoms with Crippen molar-refractivity contribution >= 4 is 0 Å². The third-order valence-electron chi connectivity index (χ3n) is 5.46. The second-order valence-electron chi connectivity index (χ2n) is 6.53. The Morgan fingerprint density at radius 3 is 2.53 bits per heavy atom. The van der Waals surface area contributed by atoms with Crippen LogP contribution in [0.3, 0.4) is 0 Å². The van der Waals surface area contributed by atoms with E-state index in [1.165, 1.54) is 71.0 Å². The van der Waals surface area contributed by atoms with E-state index < -0.39 is 0 Å². The molecule has 3 heterocycles. The van der Waals surface area contributed by atoms with Gasteiger partial charge in [-0.1, -0.05) is 12.8 Å². The Kier molecular flexibility index (Phi) is 3.72. The van der Waals surface area contributed by atoms with Gasteiger partial charge in [0.1, 0.15) is 0 Å². The zero-order valence-corrected chi connectivity index (χ0v) is 11.4. The van der Waals surface area contributed by atoms with Crippen molar-refractivity contribution < 1.29 is 0 Å². The lowest BCUT2D eigenvalue weighted by Gasteiger charge is -2.47. The topological polar surface area (TPSA) is 6.48 Å². The maximum atomic E-state index is 2.82. The quantitative estimate of drug-likeness (QED) is 0.691. The second-order valence-corrected chi connectivity index (χ2v) is 6.53. The van der Waals surface area contributed by atoms with E-state index in [-0.39, 0.29) is 0 Å². The predicted molar refractivity (Wildman–Crippen MR) is 72.2 cm³/mol. The lowest BCUT2D eigenvalue weighted by Crippen LogP contribution is -2.52. The van der Waals surface area contributed by atoms with E-state index in [0.717, 1.165) is 18.0 Å². The van der Waals surface area contributed by atoms with E-state index in [0.29, 0.717) is 0 Å². The van der Waals surface area contributed by atoms with Crippen LogP contribution in [-0.2, 0) is 0 Å². The van der Waals surface area contributed by atoms with Crippen LogP contribution in [0.25, 0.3) is 0 Å². The molecule has 3 fully saturated rings. The summed E-state index contributed by atoms with van der Waals surface area (Å²) in [7, 11) is 2.35. The van der Waals surface area contributed by atoms with Crippen molar-refractivity contribution in [1.82, 2.24) is 9.80 Å². The Morgan fingerprint density at radius 2 is 1.65 bits per heavy atom. The van der Waals surface area contributed by atoms with Gasteiger partial charge in [0.25, 0.3) is 0 Å². The average Bonchev–Trinajstić information content (AvgIpc) is 2.39.